The quantitative estimate of drug-likeness (QED) is 0.627. The van der Waals surface area contributed by atoms with Gasteiger partial charge in [0.05, 0.1) is 16.2 Å². The average Bonchev–Trinajstić information content (AvgIpc) is 2.46. The Labute approximate surface area is 128 Å². The van der Waals surface area contributed by atoms with Crippen LogP contribution in [0.5, 0.6) is 0 Å². The molecule has 0 spiro atoms. The van der Waals surface area contributed by atoms with Crippen molar-refractivity contribution < 1.29 is 26.5 Å². The van der Waals surface area contributed by atoms with Crippen LogP contribution in [0.1, 0.15) is 11.1 Å². The first kappa shape index (κ1) is 16.9. The molecule has 0 aliphatic heterocycles. The first-order valence-electron chi connectivity index (χ1n) is 6.09. The molecule has 0 fully saturated rings. The van der Waals surface area contributed by atoms with Crippen molar-refractivity contribution in [1.29, 1.82) is 0 Å². The summed E-state index contributed by atoms with van der Waals surface area (Å²) in [6, 6.07) is 6.23. The van der Waals surface area contributed by atoms with E-state index in [0.717, 1.165) is 18.2 Å². The molecule has 6 nitrogen and oxygen atoms in total. The molecule has 0 aliphatic rings. The number of nitro benzene ring substituents is 1. The van der Waals surface area contributed by atoms with Gasteiger partial charge in [-0.25, -0.2) is 13.4 Å². The maximum absolute atomic E-state index is 12.4. The standard InChI is InChI=1S/C13H9F3N2O4S/c14-13(15,16)10-3-6-12(17-7-10)23(21,22)8-9-1-4-11(5-2-9)18(19)20/h1-7H,8H2. The number of non-ortho nitro benzene ring substituents is 1. The normalized spacial score (nSPS) is 12.1. The van der Waals surface area contributed by atoms with E-state index in [1.54, 1.807) is 0 Å². The van der Waals surface area contributed by atoms with E-state index in [4.69, 9.17) is 0 Å². The molecule has 0 bridgehead atoms. The highest BCUT2D eigenvalue weighted by Gasteiger charge is 2.31. The maximum Gasteiger partial charge on any atom is 0.417 e. The summed E-state index contributed by atoms with van der Waals surface area (Å²) in [5, 5.41) is 10.0. The predicted octanol–water partition coefficient (Wildman–Crippen LogP) is 2.98. The molecule has 23 heavy (non-hydrogen) atoms. The second-order valence-corrected chi connectivity index (χ2v) is 6.50. The van der Waals surface area contributed by atoms with Gasteiger partial charge in [0.1, 0.15) is 0 Å². The van der Waals surface area contributed by atoms with Crippen LogP contribution < -0.4 is 0 Å². The van der Waals surface area contributed by atoms with Crippen LogP contribution in [0.2, 0.25) is 0 Å². The topological polar surface area (TPSA) is 90.2 Å². The molecule has 2 rings (SSSR count). The number of nitro groups is 1. The largest absolute Gasteiger partial charge is 0.417 e. The third kappa shape index (κ3) is 4.03. The summed E-state index contributed by atoms with van der Waals surface area (Å²) in [6.45, 7) is 0. The number of sulfone groups is 1. The van der Waals surface area contributed by atoms with E-state index in [1.165, 1.54) is 12.1 Å². The van der Waals surface area contributed by atoms with Crippen LogP contribution >= 0.6 is 0 Å². The summed E-state index contributed by atoms with van der Waals surface area (Å²) >= 11 is 0. The predicted molar refractivity (Wildman–Crippen MR) is 73.2 cm³/mol. The molecular formula is C13H9F3N2O4S. The molecule has 0 saturated heterocycles. The first-order chi connectivity index (χ1) is 10.6. The summed E-state index contributed by atoms with van der Waals surface area (Å²) < 4.78 is 61.5. The smallest absolute Gasteiger partial charge is 0.258 e. The number of hydrogen-bond acceptors (Lipinski definition) is 5. The van der Waals surface area contributed by atoms with Crippen LogP contribution in [0.4, 0.5) is 18.9 Å². The zero-order valence-corrected chi connectivity index (χ0v) is 12.1. The lowest BCUT2D eigenvalue weighted by Crippen LogP contribution is -2.10. The number of alkyl halides is 3. The molecule has 0 unspecified atom stereocenters. The molecule has 2 aromatic rings. The fourth-order valence-electron chi connectivity index (χ4n) is 1.74. The van der Waals surface area contributed by atoms with E-state index in [2.05, 4.69) is 4.98 Å². The Hall–Kier alpha value is -2.49. The summed E-state index contributed by atoms with van der Waals surface area (Å²) in [5.41, 5.74) is -0.983. The molecule has 0 aliphatic carbocycles. The van der Waals surface area contributed by atoms with E-state index in [0.29, 0.717) is 12.3 Å². The summed E-state index contributed by atoms with van der Waals surface area (Å²) in [7, 11) is -3.96. The number of rotatable bonds is 4. The highest BCUT2D eigenvalue weighted by Crippen LogP contribution is 2.29. The van der Waals surface area contributed by atoms with Crippen LogP contribution in [0, 0.1) is 10.1 Å². The van der Waals surface area contributed by atoms with Gasteiger partial charge in [-0.1, -0.05) is 12.1 Å². The van der Waals surface area contributed by atoms with Crippen LogP contribution in [-0.4, -0.2) is 18.3 Å². The molecule has 0 amide bonds. The minimum absolute atomic E-state index is 0.196. The monoisotopic (exact) mass is 346 g/mol. The van der Waals surface area contributed by atoms with Crippen LogP contribution in [0.3, 0.4) is 0 Å². The van der Waals surface area contributed by atoms with Crippen LogP contribution in [0.15, 0.2) is 47.6 Å². The molecule has 0 N–H and O–H groups in total. The lowest BCUT2D eigenvalue weighted by atomic mass is 10.2. The highest BCUT2D eigenvalue weighted by molar-refractivity contribution is 7.90. The molecule has 0 radical (unpaired) electrons. The Balaban J connectivity index is 2.23. The molecular weight excluding hydrogens is 337 g/mol. The number of aromatic nitrogens is 1. The van der Waals surface area contributed by atoms with Crippen molar-refractivity contribution in [3.8, 4) is 0 Å². The fraction of sp³-hybridized carbons (Fsp3) is 0.154. The third-order valence-corrected chi connectivity index (χ3v) is 4.48. The minimum Gasteiger partial charge on any atom is -0.258 e. The van der Waals surface area contributed by atoms with Crippen molar-refractivity contribution in [1.82, 2.24) is 4.98 Å². The van der Waals surface area contributed by atoms with Gasteiger partial charge >= 0.3 is 6.18 Å². The SMILES string of the molecule is O=[N+]([O-])c1ccc(CS(=O)(=O)c2ccc(C(F)(F)F)cn2)cc1. The molecule has 10 heteroatoms. The molecule has 0 atom stereocenters. The van der Waals surface area contributed by atoms with Gasteiger partial charge in [0.15, 0.2) is 14.9 Å². The second-order valence-electron chi connectivity index (χ2n) is 4.57. The number of hydrogen-bond donors (Lipinski definition) is 0. The van der Waals surface area contributed by atoms with E-state index < -0.39 is 37.3 Å². The Morgan fingerprint density at radius 3 is 2.13 bits per heavy atom. The number of benzene rings is 1. The molecule has 1 heterocycles. The van der Waals surface area contributed by atoms with Crippen molar-refractivity contribution in [3.63, 3.8) is 0 Å². The van der Waals surface area contributed by atoms with Gasteiger partial charge in [-0.15, -0.1) is 0 Å². The number of nitrogens with zero attached hydrogens (tertiary/aromatic N) is 2. The van der Waals surface area contributed by atoms with Gasteiger partial charge in [0, 0.05) is 18.3 Å². The van der Waals surface area contributed by atoms with E-state index >= 15 is 0 Å². The van der Waals surface area contributed by atoms with E-state index in [1.807, 2.05) is 0 Å². The highest BCUT2D eigenvalue weighted by atomic mass is 32.2. The zero-order valence-electron chi connectivity index (χ0n) is 11.3. The Bertz CT molecular complexity index is 816. The van der Waals surface area contributed by atoms with Gasteiger partial charge in [-0.3, -0.25) is 10.1 Å². The lowest BCUT2D eigenvalue weighted by Gasteiger charge is -2.07. The van der Waals surface area contributed by atoms with Crippen molar-refractivity contribution in [3.05, 3.63) is 63.8 Å². The zero-order chi connectivity index (χ0) is 17.3. The summed E-state index contributed by atoms with van der Waals surface area (Å²) in [6.07, 6.45) is -4.16. The Morgan fingerprint density at radius 2 is 1.70 bits per heavy atom. The summed E-state index contributed by atoms with van der Waals surface area (Å²) in [5.74, 6) is -0.524. The van der Waals surface area contributed by atoms with Gasteiger partial charge in [-0.05, 0) is 17.7 Å². The van der Waals surface area contributed by atoms with Crippen molar-refractivity contribution in [2.24, 2.45) is 0 Å². The van der Waals surface area contributed by atoms with Gasteiger partial charge in [0.2, 0.25) is 0 Å². The van der Waals surface area contributed by atoms with E-state index in [-0.39, 0.29) is 11.3 Å². The fourth-order valence-corrected chi connectivity index (χ4v) is 3.01. The third-order valence-electron chi connectivity index (χ3n) is 2.89. The molecule has 1 aromatic heterocycles. The number of pyridine rings is 1. The van der Waals surface area contributed by atoms with Gasteiger partial charge in [-0.2, -0.15) is 13.2 Å². The van der Waals surface area contributed by atoms with Gasteiger partial charge < -0.3 is 0 Å². The average molecular weight is 346 g/mol. The Kier molecular flexibility index (Phi) is 4.37. The van der Waals surface area contributed by atoms with Gasteiger partial charge in [0.25, 0.3) is 5.69 Å². The summed E-state index contributed by atoms with van der Waals surface area (Å²) in [4.78, 5) is 13.2. The molecule has 0 saturated carbocycles. The number of halogens is 3. The van der Waals surface area contributed by atoms with Crippen LogP contribution in [-0.2, 0) is 21.8 Å². The molecule has 1 aromatic carbocycles. The maximum atomic E-state index is 12.4. The van der Waals surface area contributed by atoms with Crippen molar-refractivity contribution in [2.75, 3.05) is 0 Å². The van der Waals surface area contributed by atoms with Crippen molar-refractivity contribution >= 4 is 15.5 Å². The minimum atomic E-state index is -4.60. The second kappa shape index (κ2) is 5.95. The van der Waals surface area contributed by atoms with E-state index in [9.17, 15) is 31.7 Å². The lowest BCUT2D eigenvalue weighted by molar-refractivity contribution is -0.384. The van der Waals surface area contributed by atoms with Crippen LogP contribution in [0.25, 0.3) is 0 Å². The Morgan fingerprint density at radius 1 is 1.09 bits per heavy atom. The molecule has 122 valence electrons. The van der Waals surface area contributed by atoms with Crippen molar-refractivity contribution in [2.45, 2.75) is 17.0 Å². The first-order valence-corrected chi connectivity index (χ1v) is 7.74.